The van der Waals surface area contributed by atoms with Crippen molar-refractivity contribution in [3.05, 3.63) is 103 Å². The first-order valence-corrected chi connectivity index (χ1v) is 9.74. The molecule has 0 saturated carbocycles. The van der Waals surface area contributed by atoms with Gasteiger partial charge in [0.2, 0.25) is 0 Å². The Balaban J connectivity index is 1.60. The van der Waals surface area contributed by atoms with Gasteiger partial charge in [0, 0.05) is 12.1 Å². The minimum atomic E-state index is -0.459. The summed E-state index contributed by atoms with van der Waals surface area (Å²) in [5.74, 6) is 0.398. The van der Waals surface area contributed by atoms with Crippen molar-refractivity contribution in [2.24, 2.45) is 5.16 Å². The Morgan fingerprint density at radius 3 is 2.33 bits per heavy atom. The summed E-state index contributed by atoms with van der Waals surface area (Å²) in [7, 11) is 0. The molecule has 0 saturated heterocycles. The van der Waals surface area contributed by atoms with Gasteiger partial charge in [-0.2, -0.15) is 0 Å². The highest BCUT2D eigenvalue weighted by atomic mass is 35.5. The van der Waals surface area contributed by atoms with Crippen molar-refractivity contribution in [3.63, 3.8) is 0 Å². The van der Waals surface area contributed by atoms with Crippen molar-refractivity contribution in [1.82, 2.24) is 0 Å². The first kappa shape index (κ1) is 21.6. The van der Waals surface area contributed by atoms with Crippen LogP contribution in [0.15, 0.2) is 65.8 Å². The zero-order valence-corrected chi connectivity index (χ0v) is 17.6. The molecular formula is C22H18Cl2N2O4. The average molecular weight is 445 g/mol. The van der Waals surface area contributed by atoms with E-state index < -0.39 is 4.92 Å². The lowest BCUT2D eigenvalue weighted by atomic mass is 10.1. The molecule has 8 heteroatoms. The number of ether oxygens (including phenoxy) is 1. The third-order valence-corrected chi connectivity index (χ3v) is 4.68. The molecule has 0 spiro atoms. The SMILES string of the molecule is Cc1cccc(COc2c(Cl)cc(/C=N\OCc3cccc([N+](=O)[O-])c3)cc2Cl)c1. The van der Waals surface area contributed by atoms with Gasteiger partial charge in [0.25, 0.3) is 5.69 Å². The van der Waals surface area contributed by atoms with E-state index in [0.717, 1.165) is 11.1 Å². The number of rotatable bonds is 8. The number of hydrogen-bond acceptors (Lipinski definition) is 5. The van der Waals surface area contributed by atoms with Crippen LogP contribution in [0.3, 0.4) is 0 Å². The quantitative estimate of drug-likeness (QED) is 0.230. The Morgan fingerprint density at radius 1 is 1.00 bits per heavy atom. The van der Waals surface area contributed by atoms with Crippen molar-refractivity contribution < 1.29 is 14.5 Å². The second-order valence-corrected chi connectivity index (χ2v) is 7.34. The predicted molar refractivity (Wildman–Crippen MR) is 117 cm³/mol. The number of hydrogen-bond donors (Lipinski definition) is 0. The molecule has 0 bridgehead atoms. The van der Waals surface area contributed by atoms with Gasteiger partial charge < -0.3 is 9.57 Å². The van der Waals surface area contributed by atoms with E-state index in [-0.39, 0.29) is 12.3 Å². The smallest absolute Gasteiger partial charge is 0.269 e. The lowest BCUT2D eigenvalue weighted by Gasteiger charge is -2.11. The average Bonchev–Trinajstić information content (AvgIpc) is 2.71. The molecule has 0 fully saturated rings. The molecular weight excluding hydrogens is 427 g/mol. The molecule has 0 radical (unpaired) electrons. The van der Waals surface area contributed by atoms with Gasteiger partial charge in [-0.25, -0.2) is 0 Å². The summed E-state index contributed by atoms with van der Waals surface area (Å²) in [5, 5.41) is 15.4. The third-order valence-electron chi connectivity index (χ3n) is 4.12. The van der Waals surface area contributed by atoms with E-state index in [1.807, 2.05) is 31.2 Å². The van der Waals surface area contributed by atoms with E-state index in [1.54, 1.807) is 24.3 Å². The molecule has 0 aliphatic carbocycles. The Labute approximate surface area is 183 Å². The van der Waals surface area contributed by atoms with Gasteiger partial charge in [0.1, 0.15) is 13.2 Å². The van der Waals surface area contributed by atoms with E-state index >= 15 is 0 Å². The van der Waals surface area contributed by atoms with Gasteiger partial charge in [-0.05, 0) is 35.7 Å². The topological polar surface area (TPSA) is 74.0 Å². The molecule has 0 N–H and O–H groups in total. The standard InChI is InChI=1S/C22H18Cl2N2O4/c1-15-4-2-5-16(8-15)13-29-22-20(23)10-18(11-21(22)24)12-25-30-14-17-6-3-7-19(9-17)26(27)28/h2-12H,13-14H2,1H3/b25-12-. The van der Waals surface area contributed by atoms with E-state index in [2.05, 4.69) is 5.16 Å². The fourth-order valence-corrected chi connectivity index (χ4v) is 3.33. The van der Waals surface area contributed by atoms with Crippen molar-refractivity contribution in [3.8, 4) is 5.75 Å². The summed E-state index contributed by atoms with van der Waals surface area (Å²) in [5.41, 5.74) is 3.43. The summed E-state index contributed by atoms with van der Waals surface area (Å²) in [6.07, 6.45) is 1.46. The van der Waals surface area contributed by atoms with Crippen LogP contribution in [0, 0.1) is 17.0 Å². The third kappa shape index (κ3) is 5.95. The van der Waals surface area contributed by atoms with E-state index in [4.69, 9.17) is 32.8 Å². The van der Waals surface area contributed by atoms with Crippen LogP contribution in [0.25, 0.3) is 0 Å². The second kappa shape index (κ2) is 10.1. The highest BCUT2D eigenvalue weighted by molar-refractivity contribution is 6.37. The summed E-state index contributed by atoms with van der Waals surface area (Å²) >= 11 is 12.6. The maximum Gasteiger partial charge on any atom is 0.269 e. The number of nitro benzene ring substituents is 1. The fraction of sp³-hybridized carbons (Fsp3) is 0.136. The molecule has 0 aromatic heterocycles. The summed E-state index contributed by atoms with van der Waals surface area (Å²) < 4.78 is 5.78. The van der Waals surface area contributed by atoms with Crippen LogP contribution in [0.5, 0.6) is 5.75 Å². The molecule has 30 heavy (non-hydrogen) atoms. The monoisotopic (exact) mass is 444 g/mol. The Kier molecular flexibility index (Phi) is 7.27. The van der Waals surface area contributed by atoms with Gasteiger partial charge in [-0.3, -0.25) is 10.1 Å². The Hall–Kier alpha value is -3.09. The first-order chi connectivity index (χ1) is 14.4. The normalized spacial score (nSPS) is 10.9. The largest absolute Gasteiger partial charge is 0.486 e. The molecule has 3 rings (SSSR count). The minimum absolute atomic E-state index is 0.0000969. The Morgan fingerprint density at radius 2 is 1.67 bits per heavy atom. The highest BCUT2D eigenvalue weighted by Crippen LogP contribution is 2.34. The van der Waals surface area contributed by atoms with E-state index in [1.165, 1.54) is 18.3 Å². The Bertz CT molecular complexity index is 1060. The van der Waals surface area contributed by atoms with Crippen LogP contribution in [0.2, 0.25) is 10.0 Å². The van der Waals surface area contributed by atoms with Crippen LogP contribution in [0.1, 0.15) is 22.3 Å². The maximum atomic E-state index is 10.8. The molecule has 0 unspecified atom stereocenters. The van der Waals surface area contributed by atoms with Crippen molar-refractivity contribution >= 4 is 35.1 Å². The van der Waals surface area contributed by atoms with Crippen LogP contribution in [-0.4, -0.2) is 11.1 Å². The van der Waals surface area contributed by atoms with Gasteiger partial charge in [-0.1, -0.05) is 70.3 Å². The first-order valence-electron chi connectivity index (χ1n) is 8.98. The predicted octanol–water partition coefficient (Wildman–Crippen LogP) is 6.34. The zero-order valence-electron chi connectivity index (χ0n) is 16.0. The number of benzene rings is 3. The molecule has 0 atom stereocenters. The van der Waals surface area contributed by atoms with Gasteiger partial charge >= 0.3 is 0 Å². The number of nitrogens with zero attached hydrogens (tertiary/aromatic N) is 2. The number of oxime groups is 1. The van der Waals surface area contributed by atoms with Crippen LogP contribution >= 0.6 is 23.2 Å². The summed E-state index contributed by atoms with van der Waals surface area (Å²) in [4.78, 5) is 15.6. The van der Waals surface area contributed by atoms with Crippen LogP contribution < -0.4 is 4.74 Å². The number of aryl methyl sites for hydroxylation is 1. The van der Waals surface area contributed by atoms with Gasteiger partial charge in [-0.15, -0.1) is 0 Å². The molecule has 6 nitrogen and oxygen atoms in total. The van der Waals surface area contributed by atoms with Gasteiger partial charge in [0.05, 0.1) is 21.2 Å². The molecule has 3 aromatic carbocycles. The van der Waals surface area contributed by atoms with Gasteiger partial charge in [0.15, 0.2) is 5.75 Å². The molecule has 0 amide bonds. The van der Waals surface area contributed by atoms with E-state index in [0.29, 0.717) is 33.5 Å². The second-order valence-electron chi connectivity index (χ2n) is 6.53. The molecule has 3 aromatic rings. The fourth-order valence-electron chi connectivity index (χ4n) is 2.72. The molecule has 0 aliphatic heterocycles. The minimum Gasteiger partial charge on any atom is -0.486 e. The molecule has 0 aliphatic rings. The van der Waals surface area contributed by atoms with Crippen molar-refractivity contribution in [1.29, 1.82) is 0 Å². The lowest BCUT2D eigenvalue weighted by Crippen LogP contribution is -1.98. The number of halogens is 2. The summed E-state index contributed by atoms with van der Waals surface area (Å²) in [6, 6.07) is 17.5. The lowest BCUT2D eigenvalue weighted by molar-refractivity contribution is -0.384. The zero-order chi connectivity index (χ0) is 21.5. The maximum absolute atomic E-state index is 10.8. The van der Waals surface area contributed by atoms with Crippen LogP contribution in [-0.2, 0) is 18.1 Å². The van der Waals surface area contributed by atoms with Crippen molar-refractivity contribution in [2.45, 2.75) is 20.1 Å². The summed E-state index contributed by atoms with van der Waals surface area (Å²) in [6.45, 7) is 2.46. The highest BCUT2D eigenvalue weighted by Gasteiger charge is 2.10. The number of nitro groups is 1. The molecule has 0 heterocycles. The van der Waals surface area contributed by atoms with E-state index in [9.17, 15) is 10.1 Å². The van der Waals surface area contributed by atoms with Crippen molar-refractivity contribution in [2.75, 3.05) is 0 Å². The molecule has 154 valence electrons. The van der Waals surface area contributed by atoms with Crippen LogP contribution in [0.4, 0.5) is 5.69 Å². The number of non-ortho nitro benzene ring substituents is 1.